The maximum absolute atomic E-state index is 5.32. The molecule has 0 saturated carbocycles. The molecule has 3 heteroatoms. The van der Waals surface area contributed by atoms with Crippen LogP contribution in [0.3, 0.4) is 0 Å². The van der Waals surface area contributed by atoms with Crippen molar-refractivity contribution in [2.45, 2.75) is 0 Å². The minimum absolute atomic E-state index is 0.308. The fraction of sp³-hybridized carbons (Fsp3) is 0.0714. The van der Waals surface area contributed by atoms with Gasteiger partial charge in [-0.25, -0.2) is 0 Å². The van der Waals surface area contributed by atoms with E-state index in [4.69, 9.17) is 9.47 Å². The Balaban J connectivity index is 1.84. The van der Waals surface area contributed by atoms with Crippen LogP contribution < -0.4 is 9.47 Å². The van der Waals surface area contributed by atoms with Gasteiger partial charge in [0.1, 0.15) is 0 Å². The monoisotopic (exact) mass is 225 g/mol. The number of benzene rings is 1. The Labute approximate surface area is 99.3 Å². The highest BCUT2D eigenvalue weighted by Crippen LogP contribution is 2.32. The third kappa shape index (κ3) is 2.13. The molecule has 0 aliphatic carbocycles. The first-order valence-electron chi connectivity index (χ1n) is 5.40. The average Bonchev–Trinajstić information content (AvgIpc) is 2.85. The molecule has 0 unspecified atom stereocenters. The van der Waals surface area contributed by atoms with Crippen LogP contribution in [0, 0.1) is 0 Å². The largest absolute Gasteiger partial charge is 0.454 e. The molecule has 1 aromatic heterocycles. The van der Waals surface area contributed by atoms with Gasteiger partial charge < -0.3 is 9.47 Å². The highest BCUT2D eigenvalue weighted by Gasteiger charge is 2.11. The van der Waals surface area contributed by atoms with Crippen LogP contribution in [0.4, 0.5) is 0 Å². The van der Waals surface area contributed by atoms with Gasteiger partial charge in [0.25, 0.3) is 0 Å². The molecule has 0 saturated heterocycles. The number of rotatable bonds is 2. The molecule has 1 aliphatic heterocycles. The summed E-state index contributed by atoms with van der Waals surface area (Å²) in [5, 5.41) is 0. The summed E-state index contributed by atoms with van der Waals surface area (Å²) >= 11 is 0. The number of aromatic nitrogens is 1. The van der Waals surface area contributed by atoms with Crippen LogP contribution in [0.2, 0.25) is 0 Å². The van der Waals surface area contributed by atoms with Crippen molar-refractivity contribution < 1.29 is 9.47 Å². The maximum atomic E-state index is 5.32. The third-order valence-electron chi connectivity index (χ3n) is 2.53. The van der Waals surface area contributed by atoms with Gasteiger partial charge >= 0.3 is 0 Å². The Bertz CT molecular complexity index is 549. The van der Waals surface area contributed by atoms with E-state index in [2.05, 4.69) is 4.98 Å². The molecule has 0 bridgehead atoms. The average molecular weight is 225 g/mol. The Hall–Kier alpha value is -2.29. The molecule has 0 radical (unpaired) electrons. The molecule has 0 spiro atoms. The second-order valence-electron chi connectivity index (χ2n) is 3.70. The molecule has 3 nitrogen and oxygen atoms in total. The number of ether oxygens (including phenoxy) is 2. The minimum Gasteiger partial charge on any atom is -0.454 e. The lowest BCUT2D eigenvalue weighted by Crippen LogP contribution is -1.92. The Morgan fingerprint density at radius 2 is 1.94 bits per heavy atom. The van der Waals surface area contributed by atoms with E-state index in [1.165, 1.54) is 0 Å². The van der Waals surface area contributed by atoms with Gasteiger partial charge in [0.05, 0.1) is 5.69 Å². The van der Waals surface area contributed by atoms with Crippen LogP contribution in [0.1, 0.15) is 11.3 Å². The van der Waals surface area contributed by atoms with Crippen molar-refractivity contribution in [1.29, 1.82) is 0 Å². The number of hydrogen-bond donors (Lipinski definition) is 0. The number of nitrogens with zero attached hydrogens (tertiary/aromatic N) is 1. The van der Waals surface area contributed by atoms with E-state index in [1.54, 1.807) is 6.20 Å². The minimum atomic E-state index is 0.308. The first kappa shape index (κ1) is 9.90. The summed E-state index contributed by atoms with van der Waals surface area (Å²) < 4.78 is 10.6. The van der Waals surface area contributed by atoms with Crippen molar-refractivity contribution in [3.8, 4) is 11.5 Å². The van der Waals surface area contributed by atoms with Crippen molar-refractivity contribution in [1.82, 2.24) is 4.98 Å². The summed E-state index contributed by atoms with van der Waals surface area (Å²) in [6, 6.07) is 11.7. The molecule has 0 atom stereocenters. The van der Waals surface area contributed by atoms with Crippen LogP contribution in [-0.4, -0.2) is 11.8 Å². The predicted octanol–water partition coefficient (Wildman–Crippen LogP) is 2.98. The topological polar surface area (TPSA) is 31.4 Å². The summed E-state index contributed by atoms with van der Waals surface area (Å²) in [5.41, 5.74) is 2.00. The van der Waals surface area contributed by atoms with Crippen LogP contribution in [0.5, 0.6) is 11.5 Å². The molecular formula is C14H11NO2. The molecule has 84 valence electrons. The van der Waals surface area contributed by atoms with E-state index < -0.39 is 0 Å². The second-order valence-corrected chi connectivity index (χ2v) is 3.70. The van der Waals surface area contributed by atoms with Crippen molar-refractivity contribution in [3.63, 3.8) is 0 Å². The Morgan fingerprint density at radius 1 is 1.00 bits per heavy atom. The number of fused-ring (bicyclic) bond motifs is 1. The normalized spacial score (nSPS) is 13.2. The molecule has 0 N–H and O–H groups in total. The van der Waals surface area contributed by atoms with E-state index in [0.717, 1.165) is 22.8 Å². The Morgan fingerprint density at radius 3 is 2.82 bits per heavy atom. The lowest BCUT2D eigenvalue weighted by Gasteiger charge is -1.97. The van der Waals surface area contributed by atoms with Crippen LogP contribution >= 0.6 is 0 Å². The van der Waals surface area contributed by atoms with Crippen molar-refractivity contribution >= 4 is 12.2 Å². The van der Waals surface area contributed by atoms with Crippen LogP contribution in [0.15, 0.2) is 42.6 Å². The zero-order chi connectivity index (χ0) is 11.5. The predicted molar refractivity (Wildman–Crippen MR) is 65.7 cm³/mol. The first-order chi connectivity index (χ1) is 8.42. The van der Waals surface area contributed by atoms with E-state index >= 15 is 0 Å². The van der Waals surface area contributed by atoms with E-state index in [9.17, 15) is 0 Å². The SMILES string of the molecule is C(=C\c1ccccn1)/c1ccc2c(c1)OCO2. The summed E-state index contributed by atoms with van der Waals surface area (Å²) in [7, 11) is 0. The van der Waals surface area contributed by atoms with Crippen LogP contribution in [-0.2, 0) is 0 Å². The fourth-order valence-corrected chi connectivity index (χ4v) is 1.67. The number of hydrogen-bond acceptors (Lipinski definition) is 3. The van der Waals surface area contributed by atoms with E-state index in [-0.39, 0.29) is 0 Å². The Kier molecular flexibility index (Phi) is 2.50. The zero-order valence-corrected chi connectivity index (χ0v) is 9.17. The molecule has 2 heterocycles. The lowest BCUT2D eigenvalue weighted by atomic mass is 10.2. The molecule has 0 amide bonds. The van der Waals surface area contributed by atoms with Crippen LogP contribution in [0.25, 0.3) is 12.2 Å². The van der Waals surface area contributed by atoms with Gasteiger partial charge in [0.15, 0.2) is 11.5 Å². The number of pyridine rings is 1. The molecular weight excluding hydrogens is 214 g/mol. The maximum Gasteiger partial charge on any atom is 0.231 e. The molecule has 3 rings (SSSR count). The third-order valence-corrected chi connectivity index (χ3v) is 2.53. The lowest BCUT2D eigenvalue weighted by molar-refractivity contribution is 0.174. The van der Waals surface area contributed by atoms with Gasteiger partial charge in [-0.15, -0.1) is 0 Å². The zero-order valence-electron chi connectivity index (χ0n) is 9.17. The van der Waals surface area contributed by atoms with Crippen molar-refractivity contribution in [3.05, 3.63) is 53.9 Å². The highest BCUT2D eigenvalue weighted by molar-refractivity contribution is 5.69. The second kappa shape index (κ2) is 4.29. The smallest absolute Gasteiger partial charge is 0.231 e. The molecule has 17 heavy (non-hydrogen) atoms. The highest BCUT2D eigenvalue weighted by atomic mass is 16.7. The quantitative estimate of drug-likeness (QED) is 0.787. The van der Waals surface area contributed by atoms with Gasteiger partial charge in [-0.3, -0.25) is 4.98 Å². The van der Waals surface area contributed by atoms with Gasteiger partial charge in [-0.1, -0.05) is 18.2 Å². The van der Waals surface area contributed by atoms with Crippen molar-refractivity contribution in [2.75, 3.05) is 6.79 Å². The van der Waals surface area contributed by atoms with E-state index in [1.807, 2.05) is 48.6 Å². The first-order valence-corrected chi connectivity index (χ1v) is 5.40. The van der Waals surface area contributed by atoms with E-state index in [0.29, 0.717) is 6.79 Å². The van der Waals surface area contributed by atoms with Gasteiger partial charge in [0.2, 0.25) is 6.79 Å². The van der Waals surface area contributed by atoms with Crippen molar-refractivity contribution in [2.24, 2.45) is 0 Å². The molecule has 1 aromatic carbocycles. The summed E-state index contributed by atoms with van der Waals surface area (Å²) in [5.74, 6) is 1.60. The summed E-state index contributed by atoms with van der Waals surface area (Å²) in [6.07, 6.45) is 5.75. The molecule has 2 aromatic rings. The fourth-order valence-electron chi connectivity index (χ4n) is 1.67. The summed E-state index contributed by atoms with van der Waals surface area (Å²) in [6.45, 7) is 0.308. The standard InChI is InChI=1S/C14H11NO2/c1-2-8-15-12(3-1)6-4-11-5-7-13-14(9-11)17-10-16-13/h1-9H,10H2/b6-4+. The van der Waals surface area contributed by atoms with Gasteiger partial charge in [-0.2, -0.15) is 0 Å². The van der Waals surface area contributed by atoms with Gasteiger partial charge in [-0.05, 0) is 35.9 Å². The summed E-state index contributed by atoms with van der Waals surface area (Å²) in [4.78, 5) is 4.22. The molecule has 1 aliphatic rings. The van der Waals surface area contributed by atoms with Gasteiger partial charge in [0, 0.05) is 6.20 Å². The molecule has 0 fully saturated rings.